The number of rotatable bonds is 2. The third-order valence-electron chi connectivity index (χ3n) is 2.40. The molecule has 0 spiro atoms. The topological polar surface area (TPSA) is 12.0 Å². The van der Waals surface area contributed by atoms with Crippen LogP contribution in [-0.4, -0.2) is 0 Å². The van der Waals surface area contributed by atoms with E-state index in [1.807, 2.05) is 0 Å². The van der Waals surface area contributed by atoms with Gasteiger partial charge in [-0.1, -0.05) is 6.07 Å². The molecule has 0 unspecified atom stereocenters. The Labute approximate surface area is 105 Å². The lowest BCUT2D eigenvalue weighted by atomic mass is 10.2. The highest BCUT2D eigenvalue weighted by atomic mass is 19.4. The van der Waals surface area contributed by atoms with E-state index in [0.717, 1.165) is 24.3 Å². The summed E-state index contributed by atoms with van der Waals surface area (Å²) in [6.07, 6.45) is -4.45. The fraction of sp³-hybridized carbons (Fsp3) is 0.0769. The highest BCUT2D eigenvalue weighted by Crippen LogP contribution is 2.31. The van der Waals surface area contributed by atoms with Crippen LogP contribution in [0.4, 0.5) is 33.3 Å². The molecule has 0 saturated heterocycles. The van der Waals surface area contributed by atoms with E-state index in [2.05, 4.69) is 5.32 Å². The Bertz CT molecular complexity index is 592. The molecule has 2 aromatic carbocycles. The molecule has 1 nitrogen and oxygen atoms in total. The van der Waals surface area contributed by atoms with Crippen LogP contribution in [0.1, 0.15) is 5.56 Å². The minimum absolute atomic E-state index is 0.140. The number of anilines is 2. The van der Waals surface area contributed by atoms with Crippen molar-refractivity contribution in [1.82, 2.24) is 0 Å². The lowest BCUT2D eigenvalue weighted by Gasteiger charge is -2.10. The molecule has 0 aliphatic rings. The molecule has 0 heterocycles. The van der Waals surface area contributed by atoms with Gasteiger partial charge in [0.05, 0.1) is 5.56 Å². The number of nitrogens with one attached hydrogen (secondary N) is 1. The molecule has 0 saturated carbocycles. The molecule has 1 N–H and O–H groups in total. The van der Waals surface area contributed by atoms with Gasteiger partial charge in [0.1, 0.15) is 0 Å². The lowest BCUT2D eigenvalue weighted by molar-refractivity contribution is -0.137. The van der Waals surface area contributed by atoms with Gasteiger partial charge in [-0.15, -0.1) is 0 Å². The fourth-order valence-corrected chi connectivity index (χ4v) is 1.51. The number of hydrogen-bond acceptors (Lipinski definition) is 1. The first-order chi connectivity index (χ1) is 8.86. The molecule has 0 aliphatic heterocycles. The molecule has 0 bridgehead atoms. The monoisotopic (exact) mass is 273 g/mol. The Morgan fingerprint density at radius 3 is 2.11 bits per heavy atom. The van der Waals surface area contributed by atoms with Gasteiger partial charge in [-0.2, -0.15) is 13.2 Å². The van der Waals surface area contributed by atoms with Crippen LogP contribution in [0.15, 0.2) is 42.5 Å². The molecule has 0 aliphatic carbocycles. The van der Waals surface area contributed by atoms with Crippen LogP contribution in [-0.2, 0) is 6.18 Å². The summed E-state index contributed by atoms with van der Waals surface area (Å²) in [6, 6.07) is 7.44. The van der Waals surface area contributed by atoms with E-state index in [9.17, 15) is 22.0 Å². The molecular formula is C13H8F5N. The predicted octanol–water partition coefficient (Wildman–Crippen LogP) is 4.73. The average Bonchev–Trinajstić information content (AvgIpc) is 2.33. The summed E-state index contributed by atoms with van der Waals surface area (Å²) in [6.45, 7) is 0. The van der Waals surface area contributed by atoms with Gasteiger partial charge in [-0.3, -0.25) is 0 Å². The van der Waals surface area contributed by atoms with Crippen LogP contribution >= 0.6 is 0 Å². The number of benzene rings is 2. The molecule has 19 heavy (non-hydrogen) atoms. The van der Waals surface area contributed by atoms with Crippen molar-refractivity contribution in [3.63, 3.8) is 0 Å². The number of halogens is 5. The maximum atomic E-state index is 13.0. The first-order valence-electron chi connectivity index (χ1n) is 5.25. The van der Waals surface area contributed by atoms with E-state index in [0.29, 0.717) is 0 Å². The zero-order valence-corrected chi connectivity index (χ0v) is 9.43. The molecule has 0 amide bonds. The van der Waals surface area contributed by atoms with Gasteiger partial charge in [-0.05, 0) is 30.3 Å². The normalized spacial score (nSPS) is 11.4. The summed E-state index contributed by atoms with van der Waals surface area (Å²) in [7, 11) is 0. The Kier molecular flexibility index (Phi) is 3.42. The van der Waals surface area contributed by atoms with Gasteiger partial charge < -0.3 is 5.32 Å². The van der Waals surface area contributed by atoms with Crippen molar-refractivity contribution in [2.24, 2.45) is 0 Å². The van der Waals surface area contributed by atoms with E-state index in [-0.39, 0.29) is 11.4 Å². The second-order valence-corrected chi connectivity index (χ2v) is 3.83. The molecule has 6 heteroatoms. The van der Waals surface area contributed by atoms with Crippen molar-refractivity contribution in [2.45, 2.75) is 6.18 Å². The highest BCUT2D eigenvalue weighted by molar-refractivity contribution is 5.60. The molecule has 0 atom stereocenters. The van der Waals surface area contributed by atoms with E-state index in [4.69, 9.17) is 0 Å². The second-order valence-electron chi connectivity index (χ2n) is 3.83. The molecule has 2 rings (SSSR count). The number of alkyl halides is 3. The average molecular weight is 273 g/mol. The van der Waals surface area contributed by atoms with Gasteiger partial charge in [0.2, 0.25) is 0 Å². The SMILES string of the molecule is Fc1ccc(Nc2cccc(C(F)(F)F)c2)cc1F. The van der Waals surface area contributed by atoms with Crippen LogP contribution in [0.25, 0.3) is 0 Å². The Morgan fingerprint density at radius 1 is 0.789 bits per heavy atom. The predicted molar refractivity (Wildman–Crippen MR) is 61.1 cm³/mol. The van der Waals surface area contributed by atoms with Crippen molar-refractivity contribution in [3.05, 3.63) is 59.7 Å². The highest BCUT2D eigenvalue weighted by Gasteiger charge is 2.30. The third kappa shape index (κ3) is 3.21. The molecule has 0 radical (unpaired) electrons. The lowest BCUT2D eigenvalue weighted by Crippen LogP contribution is -2.05. The first-order valence-corrected chi connectivity index (χ1v) is 5.25. The van der Waals surface area contributed by atoms with Crippen LogP contribution in [0, 0.1) is 11.6 Å². The fourth-order valence-electron chi connectivity index (χ4n) is 1.51. The Morgan fingerprint density at radius 2 is 1.47 bits per heavy atom. The summed E-state index contributed by atoms with van der Waals surface area (Å²) in [5.41, 5.74) is -0.515. The second kappa shape index (κ2) is 4.87. The van der Waals surface area contributed by atoms with Gasteiger partial charge in [0.25, 0.3) is 0 Å². The molecular weight excluding hydrogens is 265 g/mol. The molecule has 100 valence electrons. The smallest absolute Gasteiger partial charge is 0.355 e. The summed E-state index contributed by atoms with van der Waals surface area (Å²) < 4.78 is 63.1. The quantitative estimate of drug-likeness (QED) is 0.780. The van der Waals surface area contributed by atoms with Crippen LogP contribution in [0.2, 0.25) is 0 Å². The van der Waals surface area contributed by atoms with Crippen molar-refractivity contribution >= 4 is 11.4 Å². The van der Waals surface area contributed by atoms with Gasteiger partial charge in [0, 0.05) is 17.4 Å². The summed E-state index contributed by atoms with van der Waals surface area (Å²) in [5, 5.41) is 2.58. The van der Waals surface area contributed by atoms with Crippen molar-refractivity contribution in [2.75, 3.05) is 5.32 Å². The van der Waals surface area contributed by atoms with Crippen LogP contribution in [0.3, 0.4) is 0 Å². The van der Waals surface area contributed by atoms with E-state index >= 15 is 0 Å². The molecule has 0 fully saturated rings. The van der Waals surface area contributed by atoms with Crippen LogP contribution in [0.5, 0.6) is 0 Å². The van der Waals surface area contributed by atoms with Gasteiger partial charge in [-0.25, -0.2) is 8.78 Å². The van der Waals surface area contributed by atoms with E-state index < -0.39 is 23.4 Å². The van der Waals surface area contributed by atoms with Crippen molar-refractivity contribution in [1.29, 1.82) is 0 Å². The minimum Gasteiger partial charge on any atom is -0.355 e. The van der Waals surface area contributed by atoms with Crippen molar-refractivity contribution < 1.29 is 22.0 Å². The summed E-state index contributed by atoms with van der Waals surface area (Å²) >= 11 is 0. The molecule has 0 aromatic heterocycles. The minimum atomic E-state index is -4.45. The summed E-state index contributed by atoms with van der Waals surface area (Å²) in [4.78, 5) is 0. The van der Waals surface area contributed by atoms with Crippen molar-refractivity contribution in [3.8, 4) is 0 Å². The molecule has 2 aromatic rings. The first kappa shape index (κ1) is 13.3. The Balaban J connectivity index is 2.26. The van der Waals surface area contributed by atoms with E-state index in [1.165, 1.54) is 18.2 Å². The summed E-state index contributed by atoms with van der Waals surface area (Å²) in [5.74, 6) is -2.09. The van der Waals surface area contributed by atoms with Crippen LogP contribution < -0.4 is 5.32 Å². The number of hydrogen-bond donors (Lipinski definition) is 1. The zero-order valence-electron chi connectivity index (χ0n) is 9.43. The zero-order chi connectivity index (χ0) is 14.0. The maximum Gasteiger partial charge on any atom is 0.416 e. The Hall–Kier alpha value is -2.11. The van der Waals surface area contributed by atoms with E-state index in [1.54, 1.807) is 0 Å². The van der Waals surface area contributed by atoms with Gasteiger partial charge in [0.15, 0.2) is 11.6 Å². The third-order valence-corrected chi connectivity index (χ3v) is 2.40. The maximum absolute atomic E-state index is 13.0. The van der Waals surface area contributed by atoms with Gasteiger partial charge >= 0.3 is 6.18 Å². The standard InChI is InChI=1S/C13H8F5N/c14-11-5-4-10(7-12(11)15)19-9-3-1-2-8(6-9)13(16,17)18/h1-7,19H. The largest absolute Gasteiger partial charge is 0.416 e.